The van der Waals surface area contributed by atoms with Crippen LogP contribution in [-0.4, -0.2) is 13.4 Å². The third-order valence-corrected chi connectivity index (χ3v) is 6.15. The molecule has 0 radical (unpaired) electrons. The van der Waals surface area contributed by atoms with E-state index < -0.39 is 10.0 Å². The van der Waals surface area contributed by atoms with E-state index in [1.54, 1.807) is 24.4 Å². The van der Waals surface area contributed by atoms with Crippen LogP contribution in [0.2, 0.25) is 0 Å². The molecule has 1 heterocycles. The average molecular weight is 383 g/mol. The van der Waals surface area contributed by atoms with Crippen molar-refractivity contribution >= 4 is 26.6 Å². The Morgan fingerprint density at radius 2 is 1.67 bits per heavy atom. The molecule has 4 nitrogen and oxygen atoms in total. The van der Waals surface area contributed by atoms with E-state index in [2.05, 4.69) is 16.6 Å². The summed E-state index contributed by atoms with van der Waals surface area (Å²) in [5.74, 6) is 0. The number of pyridine rings is 1. The fourth-order valence-corrected chi connectivity index (χ4v) is 4.62. The van der Waals surface area contributed by atoms with E-state index >= 15 is 0 Å². The fraction of sp³-hybridized carbons (Fsp3) is 0.318. The molecule has 1 N–H and O–H groups in total. The van der Waals surface area contributed by atoms with Crippen molar-refractivity contribution in [1.82, 2.24) is 4.98 Å². The lowest BCUT2D eigenvalue weighted by molar-refractivity contribution is 0.597. The van der Waals surface area contributed by atoms with E-state index in [0.717, 1.165) is 30.2 Å². The Balaban J connectivity index is 1.82. The summed E-state index contributed by atoms with van der Waals surface area (Å²) in [6.07, 6.45) is 8.21. The largest absolute Gasteiger partial charge is 0.277 e. The summed E-state index contributed by atoms with van der Waals surface area (Å²) in [4.78, 5) is 4.69. The van der Waals surface area contributed by atoms with Crippen LogP contribution in [0, 0.1) is 0 Å². The topological polar surface area (TPSA) is 59.1 Å². The molecule has 0 bridgehead atoms. The van der Waals surface area contributed by atoms with Gasteiger partial charge in [0.05, 0.1) is 16.1 Å². The number of fused-ring (bicyclic) bond motifs is 1. The molecule has 0 fully saturated rings. The maximum Gasteiger partial charge on any atom is 0.262 e. The molecule has 0 atom stereocenters. The van der Waals surface area contributed by atoms with Crippen LogP contribution in [-0.2, 0) is 16.4 Å². The zero-order valence-electron chi connectivity index (χ0n) is 15.7. The molecule has 3 rings (SSSR count). The normalized spacial score (nSPS) is 11.6. The van der Waals surface area contributed by atoms with Crippen molar-refractivity contribution in [2.75, 3.05) is 4.72 Å². The maximum atomic E-state index is 13.1. The van der Waals surface area contributed by atoms with E-state index in [-0.39, 0.29) is 0 Å². The number of nitrogens with one attached hydrogen (secondary N) is 1. The van der Waals surface area contributed by atoms with Gasteiger partial charge < -0.3 is 0 Å². The van der Waals surface area contributed by atoms with Gasteiger partial charge in [0.25, 0.3) is 10.0 Å². The van der Waals surface area contributed by atoms with Gasteiger partial charge in [0.2, 0.25) is 0 Å². The van der Waals surface area contributed by atoms with Crippen molar-refractivity contribution in [3.05, 3.63) is 66.4 Å². The summed E-state index contributed by atoms with van der Waals surface area (Å²) in [6, 6.07) is 16.5. The number of hydrogen-bond donors (Lipinski definition) is 1. The van der Waals surface area contributed by atoms with Crippen molar-refractivity contribution in [1.29, 1.82) is 0 Å². The van der Waals surface area contributed by atoms with Gasteiger partial charge in [-0.2, -0.15) is 0 Å². The second-order valence-electron chi connectivity index (χ2n) is 6.76. The third kappa shape index (κ3) is 4.86. The Labute approximate surface area is 161 Å². The average Bonchev–Trinajstić information content (AvgIpc) is 2.68. The zero-order chi connectivity index (χ0) is 19.1. The van der Waals surface area contributed by atoms with Crippen molar-refractivity contribution in [3.63, 3.8) is 0 Å². The predicted molar refractivity (Wildman–Crippen MR) is 111 cm³/mol. The van der Waals surface area contributed by atoms with Crippen LogP contribution < -0.4 is 4.72 Å². The molecule has 142 valence electrons. The van der Waals surface area contributed by atoms with Crippen LogP contribution in [0.5, 0.6) is 0 Å². The van der Waals surface area contributed by atoms with E-state index in [9.17, 15) is 8.42 Å². The van der Waals surface area contributed by atoms with Crippen molar-refractivity contribution in [2.45, 2.75) is 50.3 Å². The lowest BCUT2D eigenvalue weighted by Crippen LogP contribution is -2.15. The number of hydrogen-bond acceptors (Lipinski definition) is 3. The Morgan fingerprint density at radius 3 is 2.52 bits per heavy atom. The minimum Gasteiger partial charge on any atom is -0.277 e. The first-order valence-corrected chi connectivity index (χ1v) is 11.0. The maximum absolute atomic E-state index is 13.1. The zero-order valence-corrected chi connectivity index (χ0v) is 16.5. The molecule has 27 heavy (non-hydrogen) atoms. The van der Waals surface area contributed by atoms with Crippen LogP contribution in [0.25, 0.3) is 10.9 Å². The summed E-state index contributed by atoms with van der Waals surface area (Å²) < 4.78 is 28.9. The first-order valence-electron chi connectivity index (χ1n) is 9.56. The van der Waals surface area contributed by atoms with E-state index in [0.29, 0.717) is 16.1 Å². The lowest BCUT2D eigenvalue weighted by Gasteiger charge is -2.13. The first kappa shape index (κ1) is 19.4. The number of aryl methyl sites for hydroxylation is 1. The highest BCUT2D eigenvalue weighted by Gasteiger charge is 2.19. The van der Waals surface area contributed by atoms with Gasteiger partial charge in [-0.25, -0.2) is 8.42 Å². The lowest BCUT2D eigenvalue weighted by atomic mass is 10.1. The highest BCUT2D eigenvalue weighted by molar-refractivity contribution is 7.92. The number of anilines is 1. The molecule has 0 spiro atoms. The van der Waals surface area contributed by atoms with Gasteiger partial charge in [0.1, 0.15) is 0 Å². The molecule has 5 heteroatoms. The van der Waals surface area contributed by atoms with Gasteiger partial charge >= 0.3 is 0 Å². The minimum atomic E-state index is -3.67. The van der Waals surface area contributed by atoms with Crippen LogP contribution in [0.4, 0.5) is 5.69 Å². The Bertz CT molecular complexity index is 995. The number of para-hydroxylation sites is 1. The summed E-state index contributed by atoms with van der Waals surface area (Å²) in [6.45, 7) is 2.19. The molecule has 0 aliphatic heterocycles. The summed E-state index contributed by atoms with van der Waals surface area (Å²) in [7, 11) is -3.67. The van der Waals surface area contributed by atoms with Crippen LogP contribution >= 0.6 is 0 Å². The molecule has 0 aliphatic carbocycles. The van der Waals surface area contributed by atoms with Gasteiger partial charge in [0.15, 0.2) is 0 Å². The predicted octanol–water partition coefficient (Wildman–Crippen LogP) is 5.55. The number of unbranched alkanes of at least 4 members (excludes halogenated alkanes) is 4. The van der Waals surface area contributed by atoms with Crippen LogP contribution in [0.15, 0.2) is 65.7 Å². The second-order valence-corrected chi connectivity index (χ2v) is 8.41. The number of aromatic nitrogens is 1. The van der Waals surface area contributed by atoms with E-state index in [4.69, 9.17) is 0 Å². The Kier molecular flexibility index (Phi) is 6.45. The molecule has 0 aliphatic rings. The molecule has 0 unspecified atom stereocenters. The van der Waals surface area contributed by atoms with Gasteiger partial charge in [-0.3, -0.25) is 9.71 Å². The monoisotopic (exact) mass is 382 g/mol. The number of rotatable bonds is 9. The van der Waals surface area contributed by atoms with Crippen LogP contribution in [0.3, 0.4) is 0 Å². The molecule has 1 aromatic heterocycles. The highest BCUT2D eigenvalue weighted by atomic mass is 32.2. The summed E-state index contributed by atoms with van der Waals surface area (Å²) in [5, 5.41) is 0.905. The Hall–Kier alpha value is -2.40. The van der Waals surface area contributed by atoms with E-state index in [1.807, 2.05) is 36.4 Å². The molecular formula is C22H26N2O2S. The second kappa shape index (κ2) is 9.00. The standard InChI is InChI=1S/C22H26N2O2S/c1-2-3-4-5-6-11-18-12-7-8-16-21(18)27(25,26)24-20-15-9-13-19-14-10-17-23-22(19)20/h7-10,12-17,24H,2-6,11H2,1H3. The first-order chi connectivity index (χ1) is 13.1. The molecular weight excluding hydrogens is 356 g/mol. The molecule has 3 aromatic rings. The number of sulfonamides is 1. The molecule has 0 saturated heterocycles. The quantitative estimate of drug-likeness (QED) is 0.494. The highest BCUT2D eigenvalue weighted by Crippen LogP contribution is 2.26. The molecule has 2 aromatic carbocycles. The van der Waals surface area contributed by atoms with Crippen molar-refractivity contribution in [3.8, 4) is 0 Å². The third-order valence-electron chi connectivity index (χ3n) is 4.69. The smallest absolute Gasteiger partial charge is 0.262 e. The van der Waals surface area contributed by atoms with Gasteiger partial charge in [-0.1, -0.05) is 69.0 Å². The summed E-state index contributed by atoms with van der Waals surface area (Å²) in [5.41, 5.74) is 2.03. The Morgan fingerprint density at radius 1 is 0.889 bits per heavy atom. The fourth-order valence-electron chi connectivity index (χ4n) is 3.28. The number of nitrogens with zero attached hydrogens (tertiary/aromatic N) is 1. The van der Waals surface area contributed by atoms with Gasteiger partial charge in [0, 0.05) is 11.6 Å². The van der Waals surface area contributed by atoms with Crippen molar-refractivity contribution in [2.24, 2.45) is 0 Å². The SMILES string of the molecule is CCCCCCCc1ccccc1S(=O)(=O)Nc1cccc2cccnc12. The number of benzene rings is 2. The van der Waals surface area contributed by atoms with Crippen LogP contribution in [0.1, 0.15) is 44.6 Å². The molecule has 0 amide bonds. The minimum absolute atomic E-state index is 0.355. The van der Waals surface area contributed by atoms with E-state index in [1.165, 1.54) is 19.3 Å². The summed E-state index contributed by atoms with van der Waals surface area (Å²) >= 11 is 0. The van der Waals surface area contributed by atoms with Crippen molar-refractivity contribution < 1.29 is 8.42 Å². The van der Waals surface area contributed by atoms with Gasteiger partial charge in [-0.15, -0.1) is 0 Å². The van der Waals surface area contributed by atoms with Gasteiger partial charge in [-0.05, 0) is 36.6 Å². The molecule has 0 saturated carbocycles.